The number of unbranched alkanes of at least 4 members (excludes halogenated alkanes) is 1. The molecule has 3 aromatic carbocycles. The van der Waals surface area contributed by atoms with Crippen LogP contribution in [0.4, 0.5) is 0 Å². The van der Waals surface area contributed by atoms with E-state index < -0.39 is 27.6 Å². The van der Waals surface area contributed by atoms with Gasteiger partial charge in [-0.1, -0.05) is 48.5 Å². The van der Waals surface area contributed by atoms with Gasteiger partial charge in [0.25, 0.3) is 5.91 Å². The molecule has 4 aromatic rings. The van der Waals surface area contributed by atoms with Gasteiger partial charge in [-0.15, -0.1) is 0 Å². The number of aliphatic carboxylic acids is 1. The van der Waals surface area contributed by atoms with Crippen molar-refractivity contribution in [3.8, 4) is 11.1 Å². The Hall–Kier alpha value is -4.14. The number of aromatic amines is 1. The predicted molar refractivity (Wildman–Crippen MR) is 167 cm³/mol. The molecule has 0 spiro atoms. The number of H-pyrrole nitrogens is 1. The lowest BCUT2D eigenvalue weighted by atomic mass is 10.0. The third kappa shape index (κ3) is 6.82. The molecule has 1 aromatic heterocycles. The first-order valence-corrected chi connectivity index (χ1v) is 16.0. The van der Waals surface area contributed by atoms with Crippen LogP contribution in [0.3, 0.4) is 0 Å². The minimum atomic E-state index is -4.44. The molecule has 0 bridgehead atoms. The number of aryl methyl sites for hydroxylation is 2. The number of hydrogen-bond donors (Lipinski definition) is 7. The van der Waals surface area contributed by atoms with Gasteiger partial charge in [-0.2, -0.15) is 9.82 Å². The van der Waals surface area contributed by atoms with E-state index in [0.717, 1.165) is 24.2 Å². The number of aromatic nitrogens is 2. The second kappa shape index (κ2) is 13.2. The minimum Gasteiger partial charge on any atom is -0.478 e. The SMILES string of the molecule is Cc1cc(-c2ccccc2)cc(C)c1S(=O)(=O)NC(CCCCNC1NCCN1)(NC(=O)c1cccc2[nH]ncc12)C(=O)O. The summed E-state index contributed by atoms with van der Waals surface area (Å²) in [6, 6.07) is 18.0. The number of carbonyl (C=O) groups is 2. The number of nitrogens with one attached hydrogen (secondary N) is 6. The van der Waals surface area contributed by atoms with E-state index in [2.05, 4.69) is 36.2 Å². The highest BCUT2D eigenvalue weighted by molar-refractivity contribution is 7.89. The lowest BCUT2D eigenvalue weighted by Gasteiger charge is -2.32. The summed E-state index contributed by atoms with van der Waals surface area (Å²) in [7, 11) is -4.44. The maximum Gasteiger partial charge on any atom is 0.345 e. The standard InChI is InChI=1S/C31H37N7O5S/c1-20-17-23(22-9-4-3-5-10-22)18-21(2)27(20)44(42,43)38-31(29(40)41,13-6-7-14-32-30-33-15-16-34-30)36-28(39)24-11-8-12-26-25(24)19-35-37-26/h3-5,8-12,17-19,30,32-34,38H,6-7,13-16H2,1-2H3,(H,35,37)(H,36,39)(H,40,41). The molecule has 7 N–H and O–H groups in total. The Balaban J connectivity index is 1.45. The summed E-state index contributed by atoms with van der Waals surface area (Å²) in [4.78, 5) is 26.6. The Morgan fingerprint density at radius 1 is 0.977 bits per heavy atom. The van der Waals surface area contributed by atoms with Crippen LogP contribution < -0.4 is 26.0 Å². The van der Waals surface area contributed by atoms with Crippen molar-refractivity contribution in [3.63, 3.8) is 0 Å². The topological polar surface area (TPSA) is 177 Å². The van der Waals surface area contributed by atoms with Crippen LogP contribution in [-0.2, 0) is 14.8 Å². The van der Waals surface area contributed by atoms with E-state index in [9.17, 15) is 23.1 Å². The molecule has 0 saturated carbocycles. The Kier molecular flexibility index (Phi) is 9.42. The van der Waals surface area contributed by atoms with Gasteiger partial charge in [0.2, 0.25) is 15.7 Å². The number of amides is 1. The highest BCUT2D eigenvalue weighted by Crippen LogP contribution is 2.29. The summed E-state index contributed by atoms with van der Waals surface area (Å²) in [6.07, 6.45) is 2.07. The van der Waals surface area contributed by atoms with Gasteiger partial charge in [0, 0.05) is 18.5 Å². The molecule has 1 amide bonds. The number of rotatable bonds is 13. The van der Waals surface area contributed by atoms with E-state index in [1.54, 1.807) is 38.1 Å². The highest BCUT2D eigenvalue weighted by atomic mass is 32.2. The van der Waals surface area contributed by atoms with Crippen LogP contribution in [0, 0.1) is 13.8 Å². The van der Waals surface area contributed by atoms with Crippen molar-refractivity contribution in [1.29, 1.82) is 0 Å². The fourth-order valence-electron chi connectivity index (χ4n) is 5.63. The van der Waals surface area contributed by atoms with Crippen LogP contribution in [-0.4, -0.2) is 67.2 Å². The normalized spacial score (nSPS) is 15.3. The lowest BCUT2D eigenvalue weighted by Crippen LogP contribution is -2.65. The third-order valence-corrected chi connectivity index (χ3v) is 9.51. The van der Waals surface area contributed by atoms with E-state index in [1.165, 1.54) is 12.3 Å². The molecule has 44 heavy (non-hydrogen) atoms. The lowest BCUT2D eigenvalue weighted by molar-refractivity contribution is -0.145. The summed E-state index contributed by atoms with van der Waals surface area (Å²) < 4.78 is 30.5. The number of benzene rings is 3. The summed E-state index contributed by atoms with van der Waals surface area (Å²) in [5, 5.41) is 30.1. The van der Waals surface area contributed by atoms with Crippen molar-refractivity contribution >= 4 is 32.8 Å². The molecule has 1 saturated heterocycles. The first-order valence-electron chi connectivity index (χ1n) is 14.5. The van der Waals surface area contributed by atoms with Gasteiger partial charge in [0.15, 0.2) is 0 Å². The Morgan fingerprint density at radius 2 is 1.68 bits per heavy atom. The summed E-state index contributed by atoms with van der Waals surface area (Å²) in [6.45, 7) is 5.57. The maximum atomic E-state index is 14.0. The largest absolute Gasteiger partial charge is 0.478 e. The zero-order chi connectivity index (χ0) is 31.3. The van der Waals surface area contributed by atoms with Crippen LogP contribution in [0.25, 0.3) is 22.0 Å². The fraction of sp³-hybridized carbons (Fsp3) is 0.323. The molecule has 12 nitrogen and oxygen atoms in total. The summed E-state index contributed by atoms with van der Waals surface area (Å²) in [5.74, 6) is -2.26. The molecule has 0 aliphatic carbocycles. The van der Waals surface area contributed by atoms with Gasteiger partial charge in [-0.3, -0.25) is 25.8 Å². The molecule has 1 fully saturated rings. The average Bonchev–Trinajstić information content (AvgIpc) is 3.69. The summed E-state index contributed by atoms with van der Waals surface area (Å²) in [5.41, 5.74) is 1.08. The van der Waals surface area contributed by atoms with Gasteiger partial charge in [-0.25, -0.2) is 13.2 Å². The van der Waals surface area contributed by atoms with Crippen molar-refractivity contribution in [3.05, 3.63) is 83.6 Å². The van der Waals surface area contributed by atoms with Crippen molar-refractivity contribution in [2.24, 2.45) is 0 Å². The van der Waals surface area contributed by atoms with Gasteiger partial charge in [-0.05, 0) is 74.0 Å². The smallest absolute Gasteiger partial charge is 0.345 e. The predicted octanol–water partition coefficient (Wildman–Crippen LogP) is 2.57. The highest BCUT2D eigenvalue weighted by Gasteiger charge is 2.44. The first kappa shape index (κ1) is 31.3. The summed E-state index contributed by atoms with van der Waals surface area (Å²) >= 11 is 0. The van der Waals surface area contributed by atoms with Crippen molar-refractivity contribution < 1.29 is 23.1 Å². The maximum absolute atomic E-state index is 14.0. The molecular formula is C31H37N7O5S. The van der Waals surface area contributed by atoms with E-state index >= 15 is 0 Å². The van der Waals surface area contributed by atoms with E-state index in [1.807, 2.05) is 30.3 Å². The molecule has 1 unspecified atom stereocenters. The zero-order valence-corrected chi connectivity index (χ0v) is 25.4. The molecule has 1 atom stereocenters. The molecule has 0 radical (unpaired) electrons. The van der Waals surface area contributed by atoms with Gasteiger partial charge < -0.3 is 10.4 Å². The van der Waals surface area contributed by atoms with E-state index in [0.29, 0.717) is 41.4 Å². The number of hydrogen-bond acceptors (Lipinski definition) is 8. The van der Waals surface area contributed by atoms with Gasteiger partial charge in [0.1, 0.15) is 6.29 Å². The third-order valence-electron chi connectivity index (χ3n) is 7.72. The first-order chi connectivity index (χ1) is 21.1. The van der Waals surface area contributed by atoms with Crippen LogP contribution in [0.2, 0.25) is 0 Å². The zero-order valence-electron chi connectivity index (χ0n) is 24.6. The Morgan fingerprint density at radius 3 is 2.36 bits per heavy atom. The number of carbonyl (C=O) groups excluding carboxylic acids is 1. The number of carboxylic acids is 1. The van der Waals surface area contributed by atoms with Crippen molar-refractivity contribution in [2.75, 3.05) is 19.6 Å². The van der Waals surface area contributed by atoms with Crippen molar-refractivity contribution in [1.82, 2.24) is 36.2 Å². The second-order valence-corrected chi connectivity index (χ2v) is 12.6. The van der Waals surface area contributed by atoms with Crippen LogP contribution in [0.5, 0.6) is 0 Å². The number of carboxylic acid groups (broad SMARTS) is 1. The van der Waals surface area contributed by atoms with E-state index in [4.69, 9.17) is 0 Å². The molecule has 1 aliphatic rings. The van der Waals surface area contributed by atoms with Crippen LogP contribution in [0.15, 0.2) is 71.8 Å². The van der Waals surface area contributed by atoms with E-state index in [-0.39, 0.29) is 23.2 Å². The Labute approximate surface area is 256 Å². The molecule has 13 heteroatoms. The van der Waals surface area contributed by atoms with Gasteiger partial charge in [0.05, 0.1) is 22.2 Å². The quantitative estimate of drug-likeness (QED) is 0.0876. The number of nitrogens with zero attached hydrogens (tertiary/aromatic N) is 1. The number of sulfonamides is 1. The minimum absolute atomic E-state index is 0.0333. The van der Waals surface area contributed by atoms with Crippen molar-refractivity contribution in [2.45, 2.75) is 50.0 Å². The van der Waals surface area contributed by atoms with Crippen LogP contribution in [0.1, 0.15) is 40.7 Å². The molecule has 232 valence electrons. The molecule has 5 rings (SSSR count). The monoisotopic (exact) mass is 619 g/mol. The molecule has 2 heterocycles. The Bertz CT molecular complexity index is 1730. The molecule has 1 aliphatic heterocycles. The number of fused-ring (bicyclic) bond motifs is 1. The fourth-order valence-corrected chi connectivity index (χ4v) is 7.40. The second-order valence-electron chi connectivity index (χ2n) is 11.0. The van der Waals surface area contributed by atoms with Gasteiger partial charge >= 0.3 is 5.97 Å². The average molecular weight is 620 g/mol. The van der Waals surface area contributed by atoms with Crippen LogP contribution >= 0.6 is 0 Å². The molecular weight excluding hydrogens is 582 g/mol.